The van der Waals surface area contributed by atoms with Gasteiger partial charge in [0.25, 0.3) is 0 Å². The summed E-state index contributed by atoms with van der Waals surface area (Å²) in [4.78, 5) is 0. The van der Waals surface area contributed by atoms with E-state index in [0.29, 0.717) is 17.4 Å². The van der Waals surface area contributed by atoms with Gasteiger partial charge in [0.05, 0.1) is 0 Å². The van der Waals surface area contributed by atoms with Gasteiger partial charge >= 0.3 is 0 Å². The first kappa shape index (κ1) is 9.57. The molecule has 0 radical (unpaired) electrons. The summed E-state index contributed by atoms with van der Waals surface area (Å²) in [6, 6.07) is 10.1. The van der Waals surface area contributed by atoms with Crippen molar-refractivity contribution in [2.24, 2.45) is 11.3 Å². The standard InChI is InChI=1S/C13H18O/c1-10-9-13(2,3)12(10)14-11-7-5-4-6-8-11/h4-8,10,12H,9H2,1-3H3/t10-,12+/m1/s1. The van der Waals surface area contributed by atoms with Gasteiger partial charge in [0.1, 0.15) is 11.9 Å². The molecule has 0 unspecified atom stereocenters. The molecule has 0 aromatic heterocycles. The van der Waals surface area contributed by atoms with Crippen LogP contribution >= 0.6 is 0 Å². The summed E-state index contributed by atoms with van der Waals surface area (Å²) in [5.74, 6) is 1.68. The van der Waals surface area contributed by atoms with Crippen molar-refractivity contribution in [1.29, 1.82) is 0 Å². The summed E-state index contributed by atoms with van der Waals surface area (Å²) in [5.41, 5.74) is 0.343. The van der Waals surface area contributed by atoms with Gasteiger partial charge in [0.15, 0.2) is 0 Å². The maximum atomic E-state index is 5.98. The lowest BCUT2D eigenvalue weighted by molar-refractivity contribution is -0.0717. The highest BCUT2D eigenvalue weighted by Gasteiger charge is 2.46. The Morgan fingerprint density at radius 2 is 1.86 bits per heavy atom. The van der Waals surface area contributed by atoms with Crippen molar-refractivity contribution >= 4 is 0 Å². The van der Waals surface area contributed by atoms with Crippen LogP contribution in [0.2, 0.25) is 0 Å². The summed E-state index contributed by atoms with van der Waals surface area (Å²) < 4.78 is 5.98. The summed E-state index contributed by atoms with van der Waals surface area (Å²) in [6.07, 6.45) is 1.65. The van der Waals surface area contributed by atoms with Gasteiger partial charge in [-0.15, -0.1) is 0 Å². The van der Waals surface area contributed by atoms with Crippen LogP contribution < -0.4 is 4.74 Å². The molecular formula is C13H18O. The third-order valence-corrected chi connectivity index (χ3v) is 3.14. The highest BCUT2D eigenvalue weighted by molar-refractivity contribution is 5.22. The Kier molecular flexibility index (Phi) is 2.26. The molecule has 0 spiro atoms. The van der Waals surface area contributed by atoms with E-state index in [4.69, 9.17) is 4.74 Å². The SMILES string of the molecule is C[C@@H]1CC(C)(C)[C@H]1Oc1ccccc1. The normalized spacial score (nSPS) is 29.4. The van der Waals surface area contributed by atoms with E-state index in [2.05, 4.69) is 20.8 Å². The van der Waals surface area contributed by atoms with Gasteiger partial charge in [-0.1, -0.05) is 39.0 Å². The Morgan fingerprint density at radius 1 is 1.21 bits per heavy atom. The third-order valence-electron chi connectivity index (χ3n) is 3.14. The highest BCUT2D eigenvalue weighted by atomic mass is 16.5. The zero-order chi connectivity index (χ0) is 10.2. The molecule has 0 heterocycles. The number of para-hydroxylation sites is 1. The van der Waals surface area contributed by atoms with Crippen LogP contribution in [0, 0.1) is 11.3 Å². The fourth-order valence-corrected chi connectivity index (χ4v) is 2.58. The molecular weight excluding hydrogens is 172 g/mol. The van der Waals surface area contributed by atoms with Gasteiger partial charge in [0, 0.05) is 5.41 Å². The molecule has 14 heavy (non-hydrogen) atoms. The van der Waals surface area contributed by atoms with Gasteiger partial charge < -0.3 is 4.74 Å². The van der Waals surface area contributed by atoms with Crippen molar-refractivity contribution in [3.05, 3.63) is 30.3 Å². The minimum Gasteiger partial charge on any atom is -0.490 e. The summed E-state index contributed by atoms with van der Waals surface area (Å²) >= 11 is 0. The Morgan fingerprint density at radius 3 is 2.36 bits per heavy atom. The first-order valence-corrected chi connectivity index (χ1v) is 5.31. The molecule has 1 fully saturated rings. The van der Waals surface area contributed by atoms with E-state index in [0.717, 1.165) is 5.75 Å². The first-order valence-electron chi connectivity index (χ1n) is 5.31. The largest absolute Gasteiger partial charge is 0.490 e. The van der Waals surface area contributed by atoms with Gasteiger partial charge in [-0.25, -0.2) is 0 Å². The Labute approximate surface area is 86.1 Å². The lowest BCUT2D eigenvalue weighted by Gasteiger charge is -2.49. The third kappa shape index (κ3) is 1.63. The van der Waals surface area contributed by atoms with Crippen LogP contribution in [0.25, 0.3) is 0 Å². The molecule has 0 N–H and O–H groups in total. The lowest BCUT2D eigenvalue weighted by atomic mass is 9.62. The minimum atomic E-state index is 0.343. The summed E-state index contributed by atoms with van der Waals surface area (Å²) in [6.45, 7) is 6.82. The topological polar surface area (TPSA) is 9.23 Å². The molecule has 1 heteroatoms. The second kappa shape index (κ2) is 3.30. The van der Waals surface area contributed by atoms with Crippen LogP contribution in [0.4, 0.5) is 0 Å². The van der Waals surface area contributed by atoms with Crippen LogP contribution in [0.3, 0.4) is 0 Å². The van der Waals surface area contributed by atoms with Gasteiger partial charge in [0.2, 0.25) is 0 Å². The summed E-state index contributed by atoms with van der Waals surface area (Å²) in [5, 5.41) is 0. The van der Waals surface area contributed by atoms with Crippen molar-refractivity contribution in [3.63, 3.8) is 0 Å². The molecule has 2 rings (SSSR count). The maximum Gasteiger partial charge on any atom is 0.119 e. The first-order chi connectivity index (χ1) is 6.59. The predicted molar refractivity (Wildman–Crippen MR) is 58.4 cm³/mol. The average Bonchev–Trinajstić information content (AvgIpc) is 2.15. The molecule has 1 nitrogen and oxygen atoms in total. The predicted octanol–water partition coefficient (Wildman–Crippen LogP) is 3.50. The molecule has 2 atom stereocenters. The van der Waals surface area contributed by atoms with Crippen molar-refractivity contribution < 1.29 is 4.74 Å². The van der Waals surface area contributed by atoms with Crippen LogP contribution in [0.15, 0.2) is 30.3 Å². The molecule has 0 bridgehead atoms. The lowest BCUT2D eigenvalue weighted by Crippen LogP contribution is -2.51. The zero-order valence-corrected chi connectivity index (χ0v) is 9.16. The molecule has 0 amide bonds. The highest BCUT2D eigenvalue weighted by Crippen LogP contribution is 2.46. The molecule has 1 aromatic rings. The van der Waals surface area contributed by atoms with E-state index < -0.39 is 0 Å². The van der Waals surface area contributed by atoms with Crippen molar-refractivity contribution in [2.45, 2.75) is 33.3 Å². The monoisotopic (exact) mass is 190 g/mol. The number of hydrogen-bond donors (Lipinski definition) is 0. The van der Waals surface area contributed by atoms with Gasteiger partial charge in [-0.3, -0.25) is 0 Å². The number of rotatable bonds is 2. The number of ether oxygens (including phenoxy) is 1. The van der Waals surface area contributed by atoms with E-state index in [9.17, 15) is 0 Å². The second-order valence-electron chi connectivity index (χ2n) is 5.02. The Hall–Kier alpha value is -0.980. The van der Waals surface area contributed by atoms with Crippen LogP contribution in [0.5, 0.6) is 5.75 Å². The summed E-state index contributed by atoms with van der Waals surface area (Å²) in [7, 11) is 0. The van der Waals surface area contributed by atoms with E-state index in [1.165, 1.54) is 6.42 Å². The fraction of sp³-hybridized carbons (Fsp3) is 0.538. The van der Waals surface area contributed by atoms with Crippen LogP contribution in [0.1, 0.15) is 27.2 Å². The van der Waals surface area contributed by atoms with E-state index >= 15 is 0 Å². The zero-order valence-electron chi connectivity index (χ0n) is 9.16. The fourth-order valence-electron chi connectivity index (χ4n) is 2.58. The maximum absolute atomic E-state index is 5.98. The smallest absolute Gasteiger partial charge is 0.119 e. The molecule has 1 aliphatic carbocycles. The van der Waals surface area contributed by atoms with Gasteiger partial charge in [-0.2, -0.15) is 0 Å². The molecule has 1 aromatic carbocycles. The molecule has 0 saturated heterocycles. The molecule has 1 saturated carbocycles. The quantitative estimate of drug-likeness (QED) is 0.693. The van der Waals surface area contributed by atoms with Crippen LogP contribution in [-0.4, -0.2) is 6.10 Å². The Balaban J connectivity index is 2.05. The minimum absolute atomic E-state index is 0.343. The van der Waals surface area contributed by atoms with Crippen molar-refractivity contribution in [1.82, 2.24) is 0 Å². The average molecular weight is 190 g/mol. The number of benzene rings is 1. The molecule has 76 valence electrons. The van der Waals surface area contributed by atoms with Gasteiger partial charge in [-0.05, 0) is 24.5 Å². The van der Waals surface area contributed by atoms with E-state index in [-0.39, 0.29) is 0 Å². The molecule has 0 aliphatic heterocycles. The molecule has 1 aliphatic rings. The van der Waals surface area contributed by atoms with E-state index in [1.54, 1.807) is 0 Å². The Bertz CT molecular complexity index is 302. The van der Waals surface area contributed by atoms with Crippen LogP contribution in [-0.2, 0) is 0 Å². The second-order valence-corrected chi connectivity index (χ2v) is 5.02. The number of hydrogen-bond acceptors (Lipinski definition) is 1. The van der Waals surface area contributed by atoms with E-state index in [1.807, 2.05) is 30.3 Å². The van der Waals surface area contributed by atoms with Crippen molar-refractivity contribution in [3.8, 4) is 5.75 Å². The van der Waals surface area contributed by atoms with Crippen molar-refractivity contribution in [2.75, 3.05) is 0 Å².